The van der Waals surface area contributed by atoms with Gasteiger partial charge in [0.1, 0.15) is 24.9 Å². The van der Waals surface area contributed by atoms with Crippen LogP contribution in [-0.2, 0) is 23.8 Å². The second-order valence-electron chi connectivity index (χ2n) is 5.14. The van der Waals surface area contributed by atoms with Crippen LogP contribution >= 0.6 is 11.6 Å². The third-order valence-electron chi connectivity index (χ3n) is 3.10. The molecule has 0 saturated carbocycles. The summed E-state index contributed by atoms with van der Waals surface area (Å²) in [4.78, 5) is 22.2. The fourth-order valence-corrected chi connectivity index (χ4v) is 2.28. The summed E-state index contributed by atoms with van der Waals surface area (Å²) in [5.74, 6) is 5.05. The molecule has 1 aromatic rings. The summed E-state index contributed by atoms with van der Waals surface area (Å²) in [5.41, 5.74) is 0.762. The maximum Gasteiger partial charge on any atom is 0.303 e. The third-order valence-corrected chi connectivity index (χ3v) is 3.33. The zero-order chi connectivity index (χ0) is 17.5. The summed E-state index contributed by atoms with van der Waals surface area (Å²) in [5, 5.41) is 0.601. The number of carbonyl (C=O) groups excluding carboxylic acids is 2. The number of carbonyl (C=O) groups is 2. The van der Waals surface area contributed by atoms with Crippen LogP contribution in [-0.4, -0.2) is 36.9 Å². The topological polar surface area (TPSA) is 61.8 Å². The van der Waals surface area contributed by atoms with E-state index in [1.165, 1.54) is 13.8 Å². The molecule has 0 amide bonds. The standard InChI is InChI=1S/C18H17ClO5/c1-12(20)22-11-18-17(23-13(2)21)9-8-16(24-18)7-6-14-4-3-5-15(19)10-14/h3-5,8-10,16-18H,11H2,1-2H3/t16-,17-,18-/m1/s1. The number of esters is 2. The van der Waals surface area contributed by atoms with Gasteiger partial charge in [0, 0.05) is 24.4 Å². The molecule has 0 aromatic heterocycles. The van der Waals surface area contributed by atoms with E-state index in [4.69, 9.17) is 25.8 Å². The molecule has 0 unspecified atom stereocenters. The smallest absolute Gasteiger partial charge is 0.303 e. The summed E-state index contributed by atoms with van der Waals surface area (Å²) in [6, 6.07) is 7.16. The summed E-state index contributed by atoms with van der Waals surface area (Å²) >= 11 is 5.92. The van der Waals surface area contributed by atoms with Crippen LogP contribution in [0.15, 0.2) is 36.4 Å². The average Bonchev–Trinajstić information content (AvgIpc) is 2.52. The van der Waals surface area contributed by atoms with Gasteiger partial charge in [-0.1, -0.05) is 29.5 Å². The molecule has 1 aromatic carbocycles. The van der Waals surface area contributed by atoms with Crippen LogP contribution in [0.1, 0.15) is 19.4 Å². The Balaban J connectivity index is 2.10. The molecule has 24 heavy (non-hydrogen) atoms. The summed E-state index contributed by atoms with van der Waals surface area (Å²) in [6.45, 7) is 2.59. The van der Waals surface area contributed by atoms with Crippen molar-refractivity contribution >= 4 is 23.5 Å². The van der Waals surface area contributed by atoms with Gasteiger partial charge in [0.05, 0.1) is 0 Å². The average molecular weight is 349 g/mol. The Labute approximate surface area is 145 Å². The van der Waals surface area contributed by atoms with Crippen molar-refractivity contribution in [3.05, 3.63) is 47.0 Å². The van der Waals surface area contributed by atoms with Crippen molar-refractivity contribution < 1.29 is 23.8 Å². The van der Waals surface area contributed by atoms with Crippen LogP contribution < -0.4 is 0 Å². The minimum Gasteiger partial charge on any atom is -0.463 e. The second-order valence-corrected chi connectivity index (χ2v) is 5.57. The van der Waals surface area contributed by atoms with Crippen LogP contribution in [0.25, 0.3) is 0 Å². The molecule has 5 nitrogen and oxygen atoms in total. The predicted molar refractivity (Wildman–Crippen MR) is 88.3 cm³/mol. The Bertz CT molecular complexity index is 701. The zero-order valence-corrected chi connectivity index (χ0v) is 14.1. The molecule has 0 fully saturated rings. The van der Waals surface area contributed by atoms with Crippen LogP contribution in [0.4, 0.5) is 0 Å². The lowest BCUT2D eigenvalue weighted by atomic mass is 10.1. The number of halogens is 1. The van der Waals surface area contributed by atoms with Crippen molar-refractivity contribution in [2.75, 3.05) is 6.61 Å². The Kier molecular flexibility index (Phi) is 6.42. The van der Waals surface area contributed by atoms with Crippen LogP contribution in [0, 0.1) is 11.8 Å². The molecule has 126 valence electrons. The molecule has 0 saturated heterocycles. The van der Waals surface area contributed by atoms with Gasteiger partial charge in [-0.3, -0.25) is 9.59 Å². The molecule has 1 aliphatic rings. The molecule has 1 aliphatic heterocycles. The first kappa shape index (κ1) is 18.1. The van der Waals surface area contributed by atoms with Gasteiger partial charge < -0.3 is 14.2 Å². The van der Waals surface area contributed by atoms with E-state index in [1.807, 2.05) is 12.1 Å². The van der Waals surface area contributed by atoms with Crippen molar-refractivity contribution in [2.24, 2.45) is 0 Å². The molecule has 0 spiro atoms. The highest BCUT2D eigenvalue weighted by atomic mass is 35.5. The van der Waals surface area contributed by atoms with E-state index in [0.717, 1.165) is 5.56 Å². The van der Waals surface area contributed by atoms with E-state index < -0.39 is 30.3 Å². The molecular weight excluding hydrogens is 332 g/mol. The van der Waals surface area contributed by atoms with E-state index in [2.05, 4.69) is 11.8 Å². The molecule has 6 heteroatoms. The van der Waals surface area contributed by atoms with Crippen LogP contribution in [0.5, 0.6) is 0 Å². The number of ether oxygens (including phenoxy) is 3. The van der Waals surface area contributed by atoms with Crippen LogP contribution in [0.2, 0.25) is 5.02 Å². The predicted octanol–water partition coefficient (Wildman–Crippen LogP) is 2.51. The number of rotatable bonds is 3. The minimum absolute atomic E-state index is 0.0209. The Morgan fingerprint density at radius 1 is 1.25 bits per heavy atom. The monoisotopic (exact) mass is 348 g/mol. The first-order chi connectivity index (χ1) is 11.4. The third kappa shape index (κ3) is 5.73. The number of hydrogen-bond acceptors (Lipinski definition) is 5. The van der Waals surface area contributed by atoms with Crippen molar-refractivity contribution in [3.8, 4) is 11.8 Å². The molecule has 3 atom stereocenters. The lowest BCUT2D eigenvalue weighted by Gasteiger charge is -2.29. The van der Waals surface area contributed by atoms with Crippen molar-refractivity contribution in [2.45, 2.75) is 32.2 Å². The molecule has 2 rings (SSSR count). The first-order valence-electron chi connectivity index (χ1n) is 7.35. The minimum atomic E-state index is -0.619. The van der Waals surface area contributed by atoms with Crippen molar-refractivity contribution in [3.63, 3.8) is 0 Å². The van der Waals surface area contributed by atoms with Gasteiger partial charge in [-0.25, -0.2) is 0 Å². The summed E-state index contributed by atoms with van der Waals surface area (Å²) in [7, 11) is 0. The van der Waals surface area contributed by atoms with Gasteiger partial charge in [0.15, 0.2) is 0 Å². The van der Waals surface area contributed by atoms with E-state index in [0.29, 0.717) is 5.02 Å². The Morgan fingerprint density at radius 2 is 2.04 bits per heavy atom. The normalized spacial score (nSPS) is 22.2. The maximum atomic E-state index is 11.2. The zero-order valence-electron chi connectivity index (χ0n) is 13.3. The fraction of sp³-hybridized carbons (Fsp3) is 0.333. The Morgan fingerprint density at radius 3 is 2.71 bits per heavy atom. The highest BCUT2D eigenvalue weighted by Gasteiger charge is 2.29. The van der Waals surface area contributed by atoms with Gasteiger partial charge in [-0.2, -0.15) is 0 Å². The molecule has 0 N–H and O–H groups in total. The highest BCUT2D eigenvalue weighted by Crippen LogP contribution is 2.17. The fourth-order valence-electron chi connectivity index (χ4n) is 2.09. The molecular formula is C18H17ClO5. The van der Waals surface area contributed by atoms with Gasteiger partial charge in [0.2, 0.25) is 0 Å². The molecule has 0 bridgehead atoms. The van der Waals surface area contributed by atoms with Gasteiger partial charge in [-0.15, -0.1) is 0 Å². The van der Waals surface area contributed by atoms with Crippen LogP contribution in [0.3, 0.4) is 0 Å². The largest absolute Gasteiger partial charge is 0.463 e. The second kappa shape index (κ2) is 8.53. The van der Waals surface area contributed by atoms with Gasteiger partial charge in [-0.05, 0) is 30.4 Å². The van der Waals surface area contributed by atoms with E-state index >= 15 is 0 Å². The highest BCUT2D eigenvalue weighted by molar-refractivity contribution is 6.30. The van der Waals surface area contributed by atoms with E-state index in [9.17, 15) is 9.59 Å². The van der Waals surface area contributed by atoms with Crippen molar-refractivity contribution in [1.82, 2.24) is 0 Å². The quantitative estimate of drug-likeness (QED) is 0.477. The SMILES string of the molecule is CC(=O)OC[C@H]1O[C@H](C#Cc2cccc(Cl)c2)C=C[C@H]1OC(C)=O. The summed E-state index contributed by atoms with van der Waals surface area (Å²) < 4.78 is 15.9. The first-order valence-corrected chi connectivity index (χ1v) is 7.73. The van der Waals surface area contributed by atoms with E-state index in [1.54, 1.807) is 24.3 Å². The lowest BCUT2D eigenvalue weighted by Crippen LogP contribution is -2.41. The molecule has 1 heterocycles. The number of benzene rings is 1. The van der Waals surface area contributed by atoms with E-state index in [-0.39, 0.29) is 6.61 Å². The number of hydrogen-bond donors (Lipinski definition) is 0. The Hall–Kier alpha value is -2.29. The summed E-state index contributed by atoms with van der Waals surface area (Å²) in [6.07, 6.45) is 1.66. The van der Waals surface area contributed by atoms with Crippen molar-refractivity contribution in [1.29, 1.82) is 0 Å². The molecule has 0 aliphatic carbocycles. The van der Waals surface area contributed by atoms with Gasteiger partial charge >= 0.3 is 11.9 Å². The lowest BCUT2D eigenvalue weighted by molar-refractivity contribution is -0.161. The van der Waals surface area contributed by atoms with Gasteiger partial charge in [0.25, 0.3) is 0 Å². The maximum absolute atomic E-state index is 11.2. The molecule has 0 radical (unpaired) electrons.